The summed E-state index contributed by atoms with van der Waals surface area (Å²) in [5, 5.41) is 0. The van der Waals surface area contributed by atoms with E-state index in [4.69, 9.17) is 4.74 Å². The standard InChI is InChI=1S/C11H11BrO2/c1-2-14-11(13)10-6-4-3-5-9(10)7-8-12/h3-8H,2H2,1H3. The molecule has 1 rings (SSSR count). The Balaban J connectivity index is 3.00. The third-order valence-electron chi connectivity index (χ3n) is 1.70. The third kappa shape index (κ3) is 2.70. The summed E-state index contributed by atoms with van der Waals surface area (Å²) in [4.78, 5) is 13.2. The van der Waals surface area contributed by atoms with E-state index in [-0.39, 0.29) is 5.97 Å². The van der Waals surface area contributed by atoms with E-state index in [0.29, 0.717) is 12.2 Å². The van der Waals surface area contributed by atoms with Gasteiger partial charge >= 0.3 is 5.97 Å². The zero-order chi connectivity index (χ0) is 10.4. The third-order valence-corrected chi connectivity index (χ3v) is 1.96. The number of benzene rings is 1. The van der Waals surface area contributed by atoms with Crippen molar-refractivity contribution in [1.29, 1.82) is 0 Å². The predicted octanol–water partition coefficient (Wildman–Crippen LogP) is 3.23. The van der Waals surface area contributed by atoms with E-state index in [0.717, 1.165) is 5.56 Å². The highest BCUT2D eigenvalue weighted by Gasteiger charge is 2.08. The van der Waals surface area contributed by atoms with Crippen molar-refractivity contribution < 1.29 is 9.53 Å². The van der Waals surface area contributed by atoms with Gasteiger partial charge in [0.1, 0.15) is 0 Å². The number of esters is 1. The minimum absolute atomic E-state index is 0.284. The molecule has 0 N–H and O–H groups in total. The Morgan fingerprint density at radius 2 is 2.21 bits per heavy atom. The van der Waals surface area contributed by atoms with Crippen LogP contribution in [0.15, 0.2) is 29.3 Å². The molecule has 0 fully saturated rings. The lowest BCUT2D eigenvalue weighted by Gasteiger charge is -2.04. The quantitative estimate of drug-likeness (QED) is 0.775. The molecular weight excluding hydrogens is 244 g/mol. The van der Waals surface area contributed by atoms with Crippen molar-refractivity contribution in [2.75, 3.05) is 6.61 Å². The van der Waals surface area contributed by atoms with Crippen LogP contribution in [0.3, 0.4) is 0 Å². The van der Waals surface area contributed by atoms with Gasteiger partial charge in [0.15, 0.2) is 0 Å². The number of hydrogen-bond donors (Lipinski definition) is 0. The van der Waals surface area contributed by atoms with Crippen LogP contribution in [0.2, 0.25) is 0 Å². The topological polar surface area (TPSA) is 26.3 Å². The van der Waals surface area contributed by atoms with E-state index in [9.17, 15) is 4.79 Å². The first-order valence-electron chi connectivity index (χ1n) is 4.32. The average Bonchev–Trinajstić information content (AvgIpc) is 2.19. The van der Waals surface area contributed by atoms with Crippen LogP contribution in [-0.2, 0) is 4.74 Å². The van der Waals surface area contributed by atoms with Gasteiger partial charge in [-0.2, -0.15) is 0 Å². The molecule has 0 spiro atoms. The molecule has 1 aromatic carbocycles. The van der Waals surface area contributed by atoms with E-state index in [1.807, 2.05) is 24.3 Å². The molecule has 0 aromatic heterocycles. The van der Waals surface area contributed by atoms with Gasteiger partial charge in [-0.25, -0.2) is 4.79 Å². The van der Waals surface area contributed by atoms with Gasteiger partial charge in [0, 0.05) is 0 Å². The van der Waals surface area contributed by atoms with Crippen LogP contribution in [0, 0.1) is 0 Å². The molecule has 1 aromatic rings. The Morgan fingerprint density at radius 3 is 2.86 bits per heavy atom. The van der Waals surface area contributed by atoms with Crippen LogP contribution in [0.1, 0.15) is 22.8 Å². The number of hydrogen-bond acceptors (Lipinski definition) is 2. The minimum atomic E-state index is -0.284. The highest BCUT2D eigenvalue weighted by Crippen LogP contribution is 2.12. The number of carbonyl (C=O) groups is 1. The van der Waals surface area contributed by atoms with Crippen LogP contribution in [0.4, 0.5) is 0 Å². The van der Waals surface area contributed by atoms with Gasteiger partial charge in [0.05, 0.1) is 12.2 Å². The maximum Gasteiger partial charge on any atom is 0.338 e. The van der Waals surface area contributed by atoms with Gasteiger partial charge in [-0.15, -0.1) is 0 Å². The van der Waals surface area contributed by atoms with Crippen molar-refractivity contribution in [3.63, 3.8) is 0 Å². The molecular formula is C11H11BrO2. The van der Waals surface area contributed by atoms with Gasteiger partial charge in [0.25, 0.3) is 0 Å². The lowest BCUT2D eigenvalue weighted by Crippen LogP contribution is -2.06. The zero-order valence-corrected chi connectivity index (χ0v) is 9.45. The first-order valence-corrected chi connectivity index (χ1v) is 5.24. The number of carbonyl (C=O) groups excluding carboxylic acids is 1. The predicted molar refractivity (Wildman–Crippen MR) is 60.4 cm³/mol. The van der Waals surface area contributed by atoms with Gasteiger partial charge < -0.3 is 4.74 Å². The first-order chi connectivity index (χ1) is 6.79. The van der Waals surface area contributed by atoms with Crippen molar-refractivity contribution in [3.8, 4) is 0 Å². The Labute approximate surface area is 91.7 Å². The normalized spacial score (nSPS) is 10.4. The molecule has 0 aliphatic heterocycles. The average molecular weight is 255 g/mol. The Hall–Kier alpha value is -1.09. The molecule has 0 atom stereocenters. The van der Waals surface area contributed by atoms with Gasteiger partial charge in [-0.3, -0.25) is 0 Å². The summed E-state index contributed by atoms with van der Waals surface area (Å²) in [5.41, 5.74) is 1.44. The summed E-state index contributed by atoms with van der Waals surface area (Å²) in [7, 11) is 0. The summed E-state index contributed by atoms with van der Waals surface area (Å²) >= 11 is 3.18. The minimum Gasteiger partial charge on any atom is -0.462 e. The van der Waals surface area contributed by atoms with Crippen LogP contribution >= 0.6 is 15.9 Å². The second kappa shape index (κ2) is 5.60. The van der Waals surface area contributed by atoms with E-state index in [1.54, 1.807) is 18.0 Å². The molecule has 0 saturated heterocycles. The zero-order valence-electron chi connectivity index (χ0n) is 7.87. The Bertz CT molecular complexity index is 345. The molecule has 0 aliphatic rings. The van der Waals surface area contributed by atoms with Gasteiger partial charge in [-0.1, -0.05) is 34.1 Å². The van der Waals surface area contributed by atoms with Crippen molar-refractivity contribution in [3.05, 3.63) is 40.4 Å². The van der Waals surface area contributed by atoms with Gasteiger partial charge in [0.2, 0.25) is 0 Å². The SMILES string of the molecule is CCOC(=O)c1ccccc1C=CBr. The molecule has 74 valence electrons. The second-order valence-corrected chi connectivity index (χ2v) is 3.13. The molecule has 2 nitrogen and oxygen atoms in total. The van der Waals surface area contributed by atoms with Crippen LogP contribution in [0.25, 0.3) is 6.08 Å². The highest BCUT2D eigenvalue weighted by atomic mass is 79.9. The fraction of sp³-hybridized carbons (Fsp3) is 0.182. The van der Waals surface area contributed by atoms with E-state index in [2.05, 4.69) is 15.9 Å². The molecule has 0 aliphatic carbocycles. The number of rotatable bonds is 3. The maximum absolute atomic E-state index is 11.5. The van der Waals surface area contributed by atoms with E-state index in [1.165, 1.54) is 0 Å². The number of halogens is 1. The summed E-state index contributed by atoms with van der Waals surface area (Å²) in [5.74, 6) is -0.284. The van der Waals surface area contributed by atoms with E-state index < -0.39 is 0 Å². The molecule has 0 heterocycles. The Kier molecular flexibility index (Phi) is 4.40. The lowest BCUT2D eigenvalue weighted by molar-refractivity contribution is 0.0526. The fourth-order valence-electron chi connectivity index (χ4n) is 1.10. The maximum atomic E-state index is 11.5. The van der Waals surface area contributed by atoms with Crippen molar-refractivity contribution in [1.82, 2.24) is 0 Å². The monoisotopic (exact) mass is 254 g/mol. The lowest BCUT2D eigenvalue weighted by atomic mass is 10.1. The fourth-order valence-corrected chi connectivity index (χ4v) is 1.39. The van der Waals surface area contributed by atoms with Crippen LogP contribution in [-0.4, -0.2) is 12.6 Å². The van der Waals surface area contributed by atoms with Crippen LogP contribution < -0.4 is 0 Å². The van der Waals surface area contributed by atoms with E-state index >= 15 is 0 Å². The molecule has 14 heavy (non-hydrogen) atoms. The van der Waals surface area contributed by atoms with Crippen molar-refractivity contribution in [2.45, 2.75) is 6.92 Å². The van der Waals surface area contributed by atoms with Gasteiger partial charge in [-0.05, 0) is 29.6 Å². The summed E-state index contributed by atoms with van der Waals surface area (Å²) in [6, 6.07) is 7.31. The largest absolute Gasteiger partial charge is 0.462 e. The molecule has 0 unspecified atom stereocenters. The second-order valence-electron chi connectivity index (χ2n) is 2.60. The van der Waals surface area contributed by atoms with Crippen molar-refractivity contribution >= 4 is 28.0 Å². The smallest absolute Gasteiger partial charge is 0.338 e. The molecule has 0 bridgehead atoms. The molecule has 0 radical (unpaired) electrons. The summed E-state index contributed by atoms with van der Waals surface area (Å²) < 4.78 is 4.93. The summed E-state index contributed by atoms with van der Waals surface area (Å²) in [6.07, 6.45) is 1.81. The highest BCUT2D eigenvalue weighted by molar-refractivity contribution is 9.11. The van der Waals surface area contributed by atoms with Crippen molar-refractivity contribution in [2.24, 2.45) is 0 Å². The molecule has 0 saturated carbocycles. The molecule has 0 amide bonds. The van der Waals surface area contributed by atoms with Crippen LogP contribution in [0.5, 0.6) is 0 Å². The Morgan fingerprint density at radius 1 is 1.50 bits per heavy atom. The summed E-state index contributed by atoms with van der Waals surface area (Å²) in [6.45, 7) is 2.19. The first kappa shape index (κ1) is 11.0. The number of ether oxygens (including phenoxy) is 1. The molecule has 3 heteroatoms.